The molecule has 3 N–H and O–H groups in total. The maximum Gasteiger partial charge on any atom is 0.223 e. The number of ether oxygens (including phenoxy) is 1. The summed E-state index contributed by atoms with van der Waals surface area (Å²) in [6, 6.07) is 0.191. The zero-order chi connectivity index (χ0) is 14.3. The molecule has 0 spiro atoms. The second-order valence-electron chi connectivity index (χ2n) is 5.74. The Hall–Kier alpha value is -0.650. The third-order valence-electron chi connectivity index (χ3n) is 4.04. The van der Waals surface area contributed by atoms with Crippen LogP contribution in [0.1, 0.15) is 26.2 Å². The first-order valence-corrected chi connectivity index (χ1v) is 7.25. The van der Waals surface area contributed by atoms with Gasteiger partial charge in [-0.05, 0) is 32.2 Å². The van der Waals surface area contributed by atoms with Gasteiger partial charge in [0, 0.05) is 38.7 Å². The molecule has 0 radical (unpaired) electrons. The molecule has 0 saturated heterocycles. The molecular formula is C14H29N3O2. The van der Waals surface area contributed by atoms with E-state index in [9.17, 15) is 4.79 Å². The van der Waals surface area contributed by atoms with Crippen LogP contribution in [0.2, 0.25) is 0 Å². The molecule has 0 aromatic heterocycles. The van der Waals surface area contributed by atoms with Crippen LogP contribution in [0.15, 0.2) is 0 Å². The van der Waals surface area contributed by atoms with Crippen LogP contribution in [-0.2, 0) is 9.53 Å². The van der Waals surface area contributed by atoms with E-state index >= 15 is 0 Å². The Labute approximate surface area is 116 Å². The summed E-state index contributed by atoms with van der Waals surface area (Å²) >= 11 is 0. The molecule has 1 aliphatic rings. The maximum absolute atomic E-state index is 12.1. The van der Waals surface area contributed by atoms with Crippen molar-refractivity contribution in [1.29, 1.82) is 0 Å². The van der Waals surface area contributed by atoms with Gasteiger partial charge in [-0.25, -0.2) is 0 Å². The van der Waals surface area contributed by atoms with E-state index in [1.165, 1.54) is 0 Å². The predicted octanol–water partition coefficient (Wildman–Crippen LogP) is 0.444. The number of rotatable bonds is 7. The molecular weight excluding hydrogens is 242 g/mol. The molecule has 19 heavy (non-hydrogen) atoms. The van der Waals surface area contributed by atoms with Gasteiger partial charge in [-0.1, -0.05) is 6.92 Å². The Bertz CT molecular complexity index is 273. The number of nitrogens with zero attached hydrogens (tertiary/aromatic N) is 1. The Morgan fingerprint density at radius 1 is 1.42 bits per heavy atom. The summed E-state index contributed by atoms with van der Waals surface area (Å²) < 4.78 is 5.02. The Balaban J connectivity index is 2.23. The molecule has 3 unspecified atom stereocenters. The van der Waals surface area contributed by atoms with Crippen molar-refractivity contribution in [3.63, 3.8) is 0 Å². The van der Waals surface area contributed by atoms with Crippen molar-refractivity contribution >= 4 is 5.91 Å². The first kappa shape index (κ1) is 16.4. The number of likely N-dealkylation sites (N-methyl/N-ethyl adjacent to an activating group) is 1. The molecule has 0 heterocycles. The highest BCUT2D eigenvalue weighted by atomic mass is 16.5. The standard InChI is InChI=1S/C14H29N3O2/c1-11-4-5-12(15)10-13(11)14(18)16-6-7-17(2)8-9-19-3/h11-13H,4-10,15H2,1-3H3,(H,16,18). The summed E-state index contributed by atoms with van der Waals surface area (Å²) in [5.41, 5.74) is 5.95. The van der Waals surface area contributed by atoms with Crippen LogP contribution in [0.25, 0.3) is 0 Å². The van der Waals surface area contributed by atoms with E-state index < -0.39 is 0 Å². The lowest BCUT2D eigenvalue weighted by Gasteiger charge is -2.31. The molecule has 112 valence electrons. The van der Waals surface area contributed by atoms with Gasteiger partial charge in [0.25, 0.3) is 0 Å². The van der Waals surface area contributed by atoms with Crippen molar-refractivity contribution < 1.29 is 9.53 Å². The molecule has 5 nitrogen and oxygen atoms in total. The molecule has 1 saturated carbocycles. The number of hydrogen-bond donors (Lipinski definition) is 2. The number of hydrogen-bond acceptors (Lipinski definition) is 4. The number of amides is 1. The largest absolute Gasteiger partial charge is 0.383 e. The van der Waals surface area contributed by atoms with E-state index in [1.54, 1.807) is 7.11 Å². The summed E-state index contributed by atoms with van der Waals surface area (Å²) in [6.07, 6.45) is 2.93. The van der Waals surface area contributed by atoms with Crippen LogP contribution >= 0.6 is 0 Å². The van der Waals surface area contributed by atoms with E-state index in [4.69, 9.17) is 10.5 Å². The summed E-state index contributed by atoms with van der Waals surface area (Å²) in [6.45, 7) is 5.30. The summed E-state index contributed by atoms with van der Waals surface area (Å²) in [7, 11) is 3.73. The van der Waals surface area contributed by atoms with Gasteiger partial charge >= 0.3 is 0 Å². The second kappa shape index (κ2) is 8.51. The Morgan fingerprint density at radius 3 is 2.84 bits per heavy atom. The van der Waals surface area contributed by atoms with E-state index in [1.807, 2.05) is 7.05 Å². The second-order valence-corrected chi connectivity index (χ2v) is 5.74. The van der Waals surface area contributed by atoms with Crippen LogP contribution in [-0.4, -0.2) is 57.2 Å². The molecule has 3 atom stereocenters. The summed E-state index contributed by atoms with van der Waals surface area (Å²) in [5, 5.41) is 3.03. The number of carbonyl (C=O) groups is 1. The number of methoxy groups -OCH3 is 1. The highest BCUT2D eigenvalue weighted by molar-refractivity contribution is 5.79. The Morgan fingerprint density at radius 2 is 2.16 bits per heavy atom. The average Bonchev–Trinajstić information content (AvgIpc) is 2.39. The highest BCUT2D eigenvalue weighted by Crippen LogP contribution is 2.28. The molecule has 1 aliphatic carbocycles. The highest BCUT2D eigenvalue weighted by Gasteiger charge is 2.30. The van der Waals surface area contributed by atoms with Gasteiger partial charge in [0.2, 0.25) is 5.91 Å². The first-order valence-electron chi connectivity index (χ1n) is 7.25. The van der Waals surface area contributed by atoms with Crippen molar-refractivity contribution in [1.82, 2.24) is 10.2 Å². The lowest BCUT2D eigenvalue weighted by Crippen LogP contribution is -2.43. The molecule has 0 aromatic rings. The molecule has 0 aromatic carbocycles. The fraction of sp³-hybridized carbons (Fsp3) is 0.929. The van der Waals surface area contributed by atoms with Crippen molar-refractivity contribution in [2.45, 2.75) is 32.2 Å². The molecule has 1 amide bonds. The molecule has 0 bridgehead atoms. The average molecular weight is 271 g/mol. The van der Waals surface area contributed by atoms with Gasteiger partial charge in [-0.2, -0.15) is 0 Å². The zero-order valence-corrected chi connectivity index (χ0v) is 12.5. The van der Waals surface area contributed by atoms with Gasteiger partial charge in [0.05, 0.1) is 6.61 Å². The van der Waals surface area contributed by atoms with Gasteiger partial charge in [0.15, 0.2) is 0 Å². The lowest BCUT2D eigenvalue weighted by molar-refractivity contribution is -0.127. The van der Waals surface area contributed by atoms with E-state index in [-0.39, 0.29) is 17.9 Å². The molecule has 1 fully saturated rings. The van der Waals surface area contributed by atoms with Gasteiger partial charge in [-0.15, -0.1) is 0 Å². The third-order valence-corrected chi connectivity index (χ3v) is 4.04. The van der Waals surface area contributed by atoms with Crippen molar-refractivity contribution in [2.75, 3.05) is 40.4 Å². The molecule has 0 aliphatic heterocycles. The predicted molar refractivity (Wildman–Crippen MR) is 76.9 cm³/mol. The normalized spacial score (nSPS) is 27.5. The monoisotopic (exact) mass is 271 g/mol. The van der Waals surface area contributed by atoms with Crippen LogP contribution in [0.3, 0.4) is 0 Å². The van der Waals surface area contributed by atoms with Crippen molar-refractivity contribution in [3.05, 3.63) is 0 Å². The van der Waals surface area contributed by atoms with Gasteiger partial charge < -0.3 is 20.7 Å². The minimum atomic E-state index is 0.0908. The Kier molecular flexibility index (Phi) is 7.34. The van der Waals surface area contributed by atoms with Crippen LogP contribution < -0.4 is 11.1 Å². The number of nitrogens with two attached hydrogens (primary N) is 1. The third kappa shape index (κ3) is 5.89. The smallest absolute Gasteiger partial charge is 0.223 e. The fourth-order valence-electron chi connectivity index (χ4n) is 2.58. The van der Waals surface area contributed by atoms with Gasteiger partial charge in [0.1, 0.15) is 0 Å². The minimum Gasteiger partial charge on any atom is -0.383 e. The van der Waals surface area contributed by atoms with E-state index in [0.717, 1.165) is 39.0 Å². The van der Waals surface area contributed by atoms with Crippen molar-refractivity contribution in [3.8, 4) is 0 Å². The topological polar surface area (TPSA) is 67.6 Å². The quantitative estimate of drug-likeness (QED) is 0.705. The minimum absolute atomic E-state index is 0.0908. The maximum atomic E-state index is 12.1. The van der Waals surface area contributed by atoms with Crippen molar-refractivity contribution in [2.24, 2.45) is 17.6 Å². The first-order chi connectivity index (χ1) is 9.04. The van der Waals surface area contributed by atoms with Crippen LogP contribution in [0.5, 0.6) is 0 Å². The van der Waals surface area contributed by atoms with Crippen LogP contribution in [0, 0.1) is 11.8 Å². The lowest BCUT2D eigenvalue weighted by atomic mass is 9.78. The van der Waals surface area contributed by atoms with Crippen LogP contribution in [0.4, 0.5) is 0 Å². The zero-order valence-electron chi connectivity index (χ0n) is 12.5. The van der Waals surface area contributed by atoms with Gasteiger partial charge in [-0.3, -0.25) is 4.79 Å². The SMILES string of the molecule is COCCN(C)CCNC(=O)C1CC(N)CCC1C. The number of carbonyl (C=O) groups excluding carboxylic acids is 1. The van der Waals surface area contributed by atoms with E-state index in [2.05, 4.69) is 17.1 Å². The fourth-order valence-corrected chi connectivity index (χ4v) is 2.58. The number of nitrogens with one attached hydrogen (secondary N) is 1. The summed E-state index contributed by atoms with van der Waals surface area (Å²) in [5.74, 6) is 0.710. The molecule has 1 rings (SSSR count). The molecule has 5 heteroatoms. The van der Waals surface area contributed by atoms with E-state index in [0.29, 0.717) is 12.5 Å². The summed E-state index contributed by atoms with van der Waals surface area (Å²) in [4.78, 5) is 14.3.